The summed E-state index contributed by atoms with van der Waals surface area (Å²) in [4.78, 5) is 2.81. The van der Waals surface area contributed by atoms with Gasteiger partial charge in [0.2, 0.25) is 0 Å². The molecule has 2 heteroatoms. The van der Waals surface area contributed by atoms with Crippen molar-refractivity contribution in [3.8, 4) is 0 Å². The maximum absolute atomic E-state index is 3.78. The summed E-state index contributed by atoms with van der Waals surface area (Å²) >= 11 is 0. The molecule has 2 rings (SSSR count). The number of nitrogens with zero attached hydrogens (tertiary/aromatic N) is 1. The van der Waals surface area contributed by atoms with Crippen LogP contribution in [0.2, 0.25) is 0 Å². The number of rotatable bonds is 6. The quantitative estimate of drug-likeness (QED) is 0.785. The Morgan fingerprint density at radius 1 is 1.24 bits per heavy atom. The van der Waals surface area contributed by atoms with E-state index in [4.69, 9.17) is 0 Å². The van der Waals surface area contributed by atoms with Crippen LogP contribution in [0.3, 0.4) is 0 Å². The van der Waals surface area contributed by atoms with E-state index >= 15 is 0 Å². The third kappa shape index (κ3) is 5.56. The summed E-state index contributed by atoms with van der Waals surface area (Å²) in [6.07, 6.45) is 9.98. The zero-order valence-corrected chi connectivity index (χ0v) is 14.9. The molecule has 1 saturated carbocycles. The van der Waals surface area contributed by atoms with Gasteiger partial charge in [0.05, 0.1) is 0 Å². The van der Waals surface area contributed by atoms with Gasteiger partial charge in [0.25, 0.3) is 0 Å². The summed E-state index contributed by atoms with van der Waals surface area (Å²) in [7, 11) is 0. The average molecular weight is 295 g/mol. The lowest BCUT2D eigenvalue weighted by atomic mass is 9.80. The van der Waals surface area contributed by atoms with Gasteiger partial charge in [-0.15, -0.1) is 0 Å². The van der Waals surface area contributed by atoms with Crippen molar-refractivity contribution in [1.29, 1.82) is 0 Å². The van der Waals surface area contributed by atoms with Gasteiger partial charge in [0.15, 0.2) is 0 Å². The number of hydrogen-bond donors (Lipinski definition) is 1. The fourth-order valence-corrected chi connectivity index (χ4v) is 4.50. The zero-order valence-electron chi connectivity index (χ0n) is 14.9. The zero-order chi connectivity index (χ0) is 15.2. The van der Waals surface area contributed by atoms with E-state index in [-0.39, 0.29) is 0 Å². The van der Waals surface area contributed by atoms with Gasteiger partial charge >= 0.3 is 0 Å². The van der Waals surface area contributed by atoms with E-state index in [0.717, 1.165) is 29.8 Å². The topological polar surface area (TPSA) is 15.3 Å². The first kappa shape index (κ1) is 17.3. The molecule has 124 valence electrons. The largest absolute Gasteiger partial charge is 0.311 e. The number of nitrogens with one attached hydrogen (secondary N) is 1. The molecule has 1 aliphatic heterocycles. The molecule has 0 bridgehead atoms. The predicted molar refractivity (Wildman–Crippen MR) is 92.6 cm³/mol. The molecule has 1 N–H and O–H groups in total. The second-order valence-corrected chi connectivity index (χ2v) is 8.22. The van der Waals surface area contributed by atoms with Crippen LogP contribution >= 0.6 is 0 Å². The van der Waals surface area contributed by atoms with E-state index in [9.17, 15) is 0 Å². The Labute approximate surface area is 133 Å². The Morgan fingerprint density at radius 3 is 2.71 bits per heavy atom. The Hall–Kier alpha value is -0.0800. The first-order valence-electron chi connectivity index (χ1n) is 9.55. The molecule has 21 heavy (non-hydrogen) atoms. The molecule has 4 unspecified atom stereocenters. The summed E-state index contributed by atoms with van der Waals surface area (Å²) < 4.78 is 0. The van der Waals surface area contributed by atoms with E-state index in [2.05, 4.69) is 37.9 Å². The van der Waals surface area contributed by atoms with Crippen LogP contribution in [0, 0.1) is 17.8 Å². The molecule has 1 heterocycles. The Kier molecular flexibility index (Phi) is 7.01. The summed E-state index contributed by atoms with van der Waals surface area (Å²) in [6.45, 7) is 13.3. The Bertz CT molecular complexity index is 289. The van der Waals surface area contributed by atoms with Gasteiger partial charge in [-0.05, 0) is 50.0 Å². The lowest BCUT2D eigenvalue weighted by molar-refractivity contribution is 0.105. The summed E-state index contributed by atoms with van der Waals surface area (Å²) in [5.41, 5.74) is 0. The van der Waals surface area contributed by atoms with Crippen LogP contribution in [0.4, 0.5) is 0 Å². The first-order valence-corrected chi connectivity index (χ1v) is 9.55. The van der Waals surface area contributed by atoms with E-state index in [1.807, 2.05) is 0 Å². The van der Waals surface area contributed by atoms with E-state index in [1.165, 1.54) is 64.6 Å². The number of hydrogen-bond acceptors (Lipinski definition) is 2. The van der Waals surface area contributed by atoms with Crippen molar-refractivity contribution in [3.05, 3.63) is 0 Å². The van der Waals surface area contributed by atoms with Crippen molar-refractivity contribution < 1.29 is 0 Å². The van der Waals surface area contributed by atoms with Crippen LogP contribution in [-0.4, -0.2) is 36.6 Å². The van der Waals surface area contributed by atoms with Crippen molar-refractivity contribution in [3.63, 3.8) is 0 Å². The molecular formula is C19H38N2. The maximum Gasteiger partial charge on any atom is 0.0218 e. The minimum Gasteiger partial charge on any atom is -0.311 e. The molecule has 2 nitrogen and oxygen atoms in total. The Balaban J connectivity index is 1.79. The van der Waals surface area contributed by atoms with Gasteiger partial charge < -0.3 is 5.32 Å². The Morgan fingerprint density at radius 2 is 2.05 bits per heavy atom. The summed E-state index contributed by atoms with van der Waals surface area (Å²) in [5.74, 6) is 2.79. The average Bonchev–Trinajstić information content (AvgIpc) is 2.45. The van der Waals surface area contributed by atoms with Crippen molar-refractivity contribution in [2.45, 2.75) is 84.7 Å². The second-order valence-electron chi connectivity index (χ2n) is 8.22. The second kappa shape index (κ2) is 8.53. The van der Waals surface area contributed by atoms with Crippen molar-refractivity contribution in [1.82, 2.24) is 10.2 Å². The van der Waals surface area contributed by atoms with Crippen LogP contribution in [0.15, 0.2) is 0 Å². The van der Waals surface area contributed by atoms with Crippen LogP contribution < -0.4 is 5.32 Å². The molecule has 4 atom stereocenters. The van der Waals surface area contributed by atoms with Gasteiger partial charge in [-0.2, -0.15) is 0 Å². The highest BCUT2D eigenvalue weighted by molar-refractivity contribution is 4.86. The highest BCUT2D eigenvalue weighted by Gasteiger charge is 2.28. The monoisotopic (exact) mass is 294 g/mol. The van der Waals surface area contributed by atoms with Gasteiger partial charge in [-0.1, -0.05) is 47.0 Å². The molecule has 0 spiro atoms. The minimum absolute atomic E-state index is 0.720. The van der Waals surface area contributed by atoms with E-state index in [0.29, 0.717) is 0 Å². The van der Waals surface area contributed by atoms with Gasteiger partial charge in [-0.25, -0.2) is 0 Å². The standard InChI is InChI=1S/C19H38N2/c1-5-19-13-20-18(11-15(2)3)14-21(19)10-9-17-8-6-7-16(4)12-17/h15-20H,5-14H2,1-4H3. The van der Waals surface area contributed by atoms with Crippen molar-refractivity contribution in [2.24, 2.45) is 17.8 Å². The van der Waals surface area contributed by atoms with E-state index < -0.39 is 0 Å². The molecule has 0 aromatic heterocycles. The van der Waals surface area contributed by atoms with Crippen LogP contribution in [-0.2, 0) is 0 Å². The molecule has 2 aliphatic rings. The van der Waals surface area contributed by atoms with Gasteiger partial charge in [0.1, 0.15) is 0 Å². The third-order valence-corrected chi connectivity index (χ3v) is 5.71. The predicted octanol–water partition coefficient (Wildman–Crippen LogP) is 4.30. The molecule has 0 aromatic carbocycles. The molecule has 0 aromatic rings. The third-order valence-electron chi connectivity index (χ3n) is 5.71. The fraction of sp³-hybridized carbons (Fsp3) is 1.00. The highest BCUT2D eigenvalue weighted by atomic mass is 15.2. The summed E-state index contributed by atoms with van der Waals surface area (Å²) in [5, 5.41) is 3.78. The maximum atomic E-state index is 3.78. The molecule has 0 radical (unpaired) electrons. The van der Waals surface area contributed by atoms with Crippen LogP contribution in [0.25, 0.3) is 0 Å². The number of piperazine rings is 1. The highest BCUT2D eigenvalue weighted by Crippen LogP contribution is 2.31. The lowest BCUT2D eigenvalue weighted by Gasteiger charge is -2.41. The van der Waals surface area contributed by atoms with E-state index in [1.54, 1.807) is 0 Å². The van der Waals surface area contributed by atoms with Crippen molar-refractivity contribution in [2.75, 3.05) is 19.6 Å². The molecule has 1 aliphatic carbocycles. The van der Waals surface area contributed by atoms with Crippen molar-refractivity contribution >= 4 is 0 Å². The van der Waals surface area contributed by atoms with Gasteiger partial charge in [0, 0.05) is 25.2 Å². The normalized spacial score (nSPS) is 35.3. The first-order chi connectivity index (χ1) is 10.1. The summed E-state index contributed by atoms with van der Waals surface area (Å²) in [6, 6.07) is 1.49. The lowest BCUT2D eigenvalue weighted by Crippen LogP contribution is -2.56. The molecule has 2 fully saturated rings. The van der Waals surface area contributed by atoms with Gasteiger partial charge in [-0.3, -0.25) is 4.90 Å². The van der Waals surface area contributed by atoms with Crippen LogP contribution in [0.1, 0.15) is 72.6 Å². The minimum atomic E-state index is 0.720. The SMILES string of the molecule is CCC1CNC(CC(C)C)CN1CCC1CCCC(C)C1. The van der Waals surface area contributed by atoms with Crippen LogP contribution in [0.5, 0.6) is 0 Å². The molecular weight excluding hydrogens is 256 g/mol. The molecule has 1 saturated heterocycles. The fourth-order valence-electron chi connectivity index (χ4n) is 4.50. The molecule has 0 amide bonds. The smallest absolute Gasteiger partial charge is 0.0218 e.